The van der Waals surface area contributed by atoms with E-state index in [4.69, 9.17) is 5.11 Å². The summed E-state index contributed by atoms with van der Waals surface area (Å²) in [6.07, 6.45) is 0. The van der Waals surface area contributed by atoms with Crippen molar-refractivity contribution in [2.45, 2.75) is 6.54 Å². The van der Waals surface area contributed by atoms with Crippen LogP contribution in [0.5, 0.6) is 0 Å². The van der Waals surface area contributed by atoms with Gasteiger partial charge in [0.05, 0.1) is 6.61 Å². The first kappa shape index (κ1) is 14.1. The molecule has 2 amide bonds. The quantitative estimate of drug-likeness (QED) is 0.633. The fraction of sp³-hybridized carbons (Fsp3) is 0.333. The van der Waals surface area contributed by atoms with E-state index >= 15 is 0 Å². The van der Waals surface area contributed by atoms with E-state index in [-0.39, 0.29) is 25.6 Å². The molecule has 97 valence electrons. The van der Waals surface area contributed by atoms with Crippen molar-refractivity contribution < 1.29 is 19.8 Å². The maximum atomic E-state index is 11.7. The molecule has 1 radical (unpaired) electrons. The standard InChI is InChI=1S/C12H15N2O4/c15-6-5-13-12(18)10-4-2-1-3-9(10)7-14-11(17)8-16/h1-4,15H,5-8H2,(H,13,18)(H,14,17). The van der Waals surface area contributed by atoms with Gasteiger partial charge in [-0.2, -0.15) is 0 Å². The monoisotopic (exact) mass is 251 g/mol. The number of hydrogen-bond acceptors (Lipinski definition) is 3. The van der Waals surface area contributed by atoms with E-state index in [1.165, 1.54) is 0 Å². The SMILES string of the molecule is [O]CC(=O)NCc1ccccc1C(=O)NCCO. The van der Waals surface area contributed by atoms with Gasteiger partial charge in [-0.25, -0.2) is 5.11 Å². The largest absolute Gasteiger partial charge is 0.395 e. The average molecular weight is 251 g/mol. The predicted molar refractivity (Wildman–Crippen MR) is 63.3 cm³/mol. The van der Waals surface area contributed by atoms with E-state index in [9.17, 15) is 14.7 Å². The highest BCUT2D eigenvalue weighted by Gasteiger charge is 2.10. The van der Waals surface area contributed by atoms with Crippen molar-refractivity contribution in [1.82, 2.24) is 10.6 Å². The van der Waals surface area contributed by atoms with Crippen LogP contribution >= 0.6 is 0 Å². The number of carbonyl (C=O) groups is 2. The van der Waals surface area contributed by atoms with Crippen LogP contribution in [0.15, 0.2) is 24.3 Å². The lowest BCUT2D eigenvalue weighted by Crippen LogP contribution is -2.29. The lowest BCUT2D eigenvalue weighted by Gasteiger charge is -2.10. The third-order valence-electron chi connectivity index (χ3n) is 2.27. The van der Waals surface area contributed by atoms with Gasteiger partial charge in [0.15, 0.2) is 6.61 Å². The van der Waals surface area contributed by atoms with Crippen LogP contribution in [0.4, 0.5) is 0 Å². The highest BCUT2D eigenvalue weighted by atomic mass is 16.3. The van der Waals surface area contributed by atoms with Crippen molar-refractivity contribution in [2.24, 2.45) is 0 Å². The Morgan fingerprint density at radius 1 is 1.17 bits per heavy atom. The number of amides is 2. The van der Waals surface area contributed by atoms with Gasteiger partial charge in [-0.15, -0.1) is 0 Å². The Morgan fingerprint density at radius 3 is 2.56 bits per heavy atom. The van der Waals surface area contributed by atoms with Gasteiger partial charge in [0.25, 0.3) is 5.91 Å². The van der Waals surface area contributed by atoms with Gasteiger partial charge in [-0.05, 0) is 11.6 Å². The van der Waals surface area contributed by atoms with Gasteiger partial charge >= 0.3 is 0 Å². The Morgan fingerprint density at radius 2 is 1.89 bits per heavy atom. The zero-order chi connectivity index (χ0) is 13.4. The third kappa shape index (κ3) is 4.15. The predicted octanol–water partition coefficient (Wildman–Crippen LogP) is -0.545. The lowest BCUT2D eigenvalue weighted by atomic mass is 10.1. The van der Waals surface area contributed by atoms with Crippen LogP contribution in [-0.4, -0.2) is 36.7 Å². The summed E-state index contributed by atoms with van der Waals surface area (Å²) in [5.41, 5.74) is 1.03. The molecule has 0 saturated carbocycles. The minimum Gasteiger partial charge on any atom is -0.395 e. The molecule has 3 N–H and O–H groups in total. The molecule has 1 aromatic carbocycles. The number of carbonyl (C=O) groups excluding carboxylic acids is 2. The van der Waals surface area contributed by atoms with Crippen LogP contribution in [0, 0.1) is 0 Å². The molecule has 0 fully saturated rings. The summed E-state index contributed by atoms with van der Waals surface area (Å²) < 4.78 is 0. The summed E-state index contributed by atoms with van der Waals surface area (Å²) in [6.45, 7) is -0.677. The van der Waals surface area contributed by atoms with Crippen molar-refractivity contribution in [1.29, 1.82) is 0 Å². The summed E-state index contributed by atoms with van der Waals surface area (Å²) in [5, 5.41) is 23.9. The second-order valence-corrected chi connectivity index (χ2v) is 3.56. The number of aliphatic hydroxyl groups is 1. The van der Waals surface area contributed by atoms with E-state index in [0.29, 0.717) is 11.1 Å². The molecule has 0 unspecified atom stereocenters. The molecule has 0 aliphatic rings. The molecular formula is C12H15N2O4. The number of rotatable bonds is 6. The van der Waals surface area contributed by atoms with E-state index in [0.717, 1.165) is 0 Å². The minimum atomic E-state index is -0.834. The molecule has 6 nitrogen and oxygen atoms in total. The summed E-state index contributed by atoms with van der Waals surface area (Å²) in [5.74, 6) is -0.934. The molecule has 0 heterocycles. The minimum absolute atomic E-state index is 0.129. The van der Waals surface area contributed by atoms with Crippen LogP contribution in [-0.2, 0) is 16.4 Å². The van der Waals surface area contributed by atoms with Crippen molar-refractivity contribution in [3.63, 3.8) is 0 Å². The molecule has 0 aliphatic heterocycles. The van der Waals surface area contributed by atoms with Gasteiger partial charge in [0.1, 0.15) is 0 Å². The Kier molecular flexibility index (Phi) is 5.83. The normalized spacial score (nSPS) is 9.89. The maximum absolute atomic E-state index is 11.7. The fourth-order valence-electron chi connectivity index (χ4n) is 1.41. The zero-order valence-corrected chi connectivity index (χ0v) is 9.81. The molecule has 1 aromatic rings. The van der Waals surface area contributed by atoms with E-state index in [1.807, 2.05) is 0 Å². The topological polar surface area (TPSA) is 98.3 Å². The van der Waals surface area contributed by atoms with E-state index < -0.39 is 12.5 Å². The Hall–Kier alpha value is -1.92. The fourth-order valence-corrected chi connectivity index (χ4v) is 1.41. The summed E-state index contributed by atoms with van der Waals surface area (Å²) in [4.78, 5) is 22.6. The van der Waals surface area contributed by atoms with Gasteiger partial charge in [-0.1, -0.05) is 18.2 Å². The Balaban J connectivity index is 2.72. The highest BCUT2D eigenvalue weighted by Crippen LogP contribution is 2.08. The second-order valence-electron chi connectivity index (χ2n) is 3.56. The van der Waals surface area contributed by atoms with Crippen molar-refractivity contribution >= 4 is 11.8 Å². The molecule has 0 aliphatic carbocycles. The smallest absolute Gasteiger partial charge is 0.251 e. The molecule has 0 aromatic heterocycles. The molecule has 0 bridgehead atoms. The molecular weight excluding hydrogens is 236 g/mol. The molecule has 18 heavy (non-hydrogen) atoms. The molecule has 0 spiro atoms. The first-order chi connectivity index (χ1) is 8.69. The van der Waals surface area contributed by atoms with Gasteiger partial charge in [-0.3, -0.25) is 9.59 Å². The van der Waals surface area contributed by atoms with Crippen LogP contribution < -0.4 is 10.6 Å². The van der Waals surface area contributed by atoms with E-state index in [2.05, 4.69) is 10.6 Å². The molecule has 1 rings (SSSR count). The summed E-state index contributed by atoms with van der Waals surface area (Å²) >= 11 is 0. The summed E-state index contributed by atoms with van der Waals surface area (Å²) in [7, 11) is 0. The first-order valence-electron chi connectivity index (χ1n) is 5.50. The van der Waals surface area contributed by atoms with Crippen molar-refractivity contribution in [3.8, 4) is 0 Å². The van der Waals surface area contributed by atoms with Crippen LogP contribution in [0.3, 0.4) is 0 Å². The van der Waals surface area contributed by atoms with Crippen molar-refractivity contribution in [3.05, 3.63) is 35.4 Å². The first-order valence-corrected chi connectivity index (χ1v) is 5.50. The number of hydrogen-bond donors (Lipinski definition) is 3. The van der Waals surface area contributed by atoms with Crippen LogP contribution in [0.25, 0.3) is 0 Å². The highest BCUT2D eigenvalue weighted by molar-refractivity contribution is 5.95. The van der Waals surface area contributed by atoms with Crippen LogP contribution in [0.1, 0.15) is 15.9 Å². The molecule has 6 heteroatoms. The summed E-state index contributed by atoms with van der Waals surface area (Å²) in [6, 6.07) is 6.75. The number of benzene rings is 1. The van der Waals surface area contributed by atoms with Gasteiger partial charge in [0, 0.05) is 18.7 Å². The Bertz CT molecular complexity index is 420. The maximum Gasteiger partial charge on any atom is 0.251 e. The van der Waals surface area contributed by atoms with Crippen molar-refractivity contribution in [2.75, 3.05) is 19.8 Å². The number of aliphatic hydroxyl groups excluding tert-OH is 1. The second kappa shape index (κ2) is 7.41. The lowest BCUT2D eigenvalue weighted by molar-refractivity contribution is -0.125. The van der Waals surface area contributed by atoms with Crippen LogP contribution in [0.2, 0.25) is 0 Å². The average Bonchev–Trinajstić information content (AvgIpc) is 2.42. The van der Waals surface area contributed by atoms with E-state index in [1.54, 1.807) is 24.3 Å². The molecule has 0 atom stereocenters. The molecule has 0 saturated heterocycles. The van der Waals surface area contributed by atoms with Gasteiger partial charge in [0.2, 0.25) is 5.91 Å². The number of nitrogens with one attached hydrogen (secondary N) is 2. The Labute approximate surface area is 105 Å². The van der Waals surface area contributed by atoms with Gasteiger partial charge < -0.3 is 15.7 Å². The zero-order valence-electron chi connectivity index (χ0n) is 9.81. The third-order valence-corrected chi connectivity index (χ3v) is 2.27.